The zero-order valence-electron chi connectivity index (χ0n) is 12.0. The van der Waals surface area contributed by atoms with Crippen LogP contribution in [0.15, 0.2) is 12.1 Å². The summed E-state index contributed by atoms with van der Waals surface area (Å²) in [6, 6.07) is 3.93. The number of hydrogen-bond acceptors (Lipinski definition) is 2. The van der Waals surface area contributed by atoms with E-state index in [0.29, 0.717) is 0 Å². The monoisotopic (exact) mass is 281 g/mol. The third kappa shape index (κ3) is 4.39. The smallest absolute Gasteiger partial charge is 0.125 e. The summed E-state index contributed by atoms with van der Waals surface area (Å²) >= 11 is 6.02. The van der Waals surface area contributed by atoms with Crippen molar-refractivity contribution >= 4 is 11.6 Å². The van der Waals surface area contributed by atoms with Gasteiger partial charge in [-0.1, -0.05) is 18.0 Å². The average Bonchev–Trinajstić information content (AvgIpc) is 2.38. The molecule has 1 saturated heterocycles. The van der Waals surface area contributed by atoms with E-state index in [1.165, 1.54) is 32.4 Å². The van der Waals surface area contributed by atoms with E-state index in [9.17, 15) is 0 Å². The molecule has 0 unspecified atom stereocenters. The summed E-state index contributed by atoms with van der Waals surface area (Å²) in [4.78, 5) is 2.55. The quantitative estimate of drug-likeness (QED) is 0.750. The van der Waals surface area contributed by atoms with Gasteiger partial charge in [-0.25, -0.2) is 0 Å². The van der Waals surface area contributed by atoms with Crippen LogP contribution in [0.4, 0.5) is 0 Å². The Hall–Kier alpha value is -0.730. The number of rotatable bonds is 5. The van der Waals surface area contributed by atoms with E-state index < -0.39 is 0 Å². The third-order valence-corrected chi connectivity index (χ3v) is 3.96. The molecule has 1 aromatic carbocycles. The van der Waals surface area contributed by atoms with Crippen molar-refractivity contribution in [1.29, 1.82) is 0 Å². The molecule has 1 aromatic rings. The Balaban J connectivity index is 1.76. The van der Waals surface area contributed by atoms with Crippen LogP contribution < -0.4 is 4.74 Å². The van der Waals surface area contributed by atoms with Crippen LogP contribution in [0.25, 0.3) is 0 Å². The van der Waals surface area contributed by atoms with Crippen LogP contribution in [-0.2, 0) is 0 Å². The first-order valence-electron chi connectivity index (χ1n) is 7.29. The molecule has 0 atom stereocenters. The van der Waals surface area contributed by atoms with Gasteiger partial charge in [0, 0.05) is 11.6 Å². The van der Waals surface area contributed by atoms with Gasteiger partial charge in [-0.05, 0) is 69.5 Å². The van der Waals surface area contributed by atoms with Crippen LogP contribution in [0.3, 0.4) is 0 Å². The average molecular weight is 282 g/mol. The maximum atomic E-state index is 6.02. The van der Waals surface area contributed by atoms with Crippen LogP contribution in [0.5, 0.6) is 5.75 Å². The van der Waals surface area contributed by atoms with E-state index in [4.69, 9.17) is 16.3 Å². The molecule has 1 aliphatic heterocycles. The number of likely N-dealkylation sites (tertiary alicyclic amines) is 1. The molecular formula is C16H24ClNO. The summed E-state index contributed by atoms with van der Waals surface area (Å²) in [6.07, 6.45) is 5.21. The van der Waals surface area contributed by atoms with Crippen LogP contribution in [0.1, 0.15) is 36.8 Å². The Morgan fingerprint density at radius 3 is 2.37 bits per heavy atom. The number of ether oxygens (including phenoxy) is 1. The molecule has 0 amide bonds. The summed E-state index contributed by atoms with van der Waals surface area (Å²) in [5, 5.41) is 0.788. The van der Waals surface area contributed by atoms with Gasteiger partial charge in [0.15, 0.2) is 0 Å². The Kier molecular flexibility index (Phi) is 5.53. The van der Waals surface area contributed by atoms with Crippen molar-refractivity contribution in [2.24, 2.45) is 0 Å². The molecule has 0 aliphatic carbocycles. The van der Waals surface area contributed by atoms with Gasteiger partial charge >= 0.3 is 0 Å². The molecular weight excluding hydrogens is 258 g/mol. The highest BCUT2D eigenvalue weighted by Crippen LogP contribution is 2.27. The first-order chi connectivity index (χ1) is 9.16. The van der Waals surface area contributed by atoms with E-state index >= 15 is 0 Å². The highest BCUT2D eigenvalue weighted by atomic mass is 35.5. The zero-order chi connectivity index (χ0) is 13.7. The lowest BCUT2D eigenvalue weighted by Crippen LogP contribution is -2.31. The minimum absolute atomic E-state index is 0.788. The number of halogens is 1. The summed E-state index contributed by atoms with van der Waals surface area (Å²) < 4.78 is 5.93. The van der Waals surface area contributed by atoms with Crippen molar-refractivity contribution in [1.82, 2.24) is 4.90 Å². The molecule has 0 radical (unpaired) electrons. The fourth-order valence-corrected chi connectivity index (χ4v) is 3.10. The van der Waals surface area contributed by atoms with Crippen LogP contribution in [0.2, 0.25) is 5.02 Å². The van der Waals surface area contributed by atoms with E-state index in [1.54, 1.807) is 0 Å². The Labute approximate surface area is 121 Å². The maximum Gasteiger partial charge on any atom is 0.125 e. The first-order valence-corrected chi connectivity index (χ1v) is 7.66. The number of hydrogen-bond donors (Lipinski definition) is 0. The van der Waals surface area contributed by atoms with E-state index in [1.807, 2.05) is 12.1 Å². The lowest BCUT2D eigenvalue weighted by molar-refractivity contribution is 0.204. The predicted molar refractivity (Wildman–Crippen MR) is 81.3 cm³/mol. The number of nitrogens with zero attached hydrogens (tertiary/aromatic N) is 1. The van der Waals surface area contributed by atoms with Gasteiger partial charge in [0.05, 0.1) is 6.61 Å². The zero-order valence-corrected chi connectivity index (χ0v) is 12.8. The molecule has 0 spiro atoms. The van der Waals surface area contributed by atoms with Crippen LogP contribution in [-0.4, -0.2) is 31.1 Å². The Morgan fingerprint density at radius 2 is 1.74 bits per heavy atom. The lowest BCUT2D eigenvalue weighted by Gasteiger charge is -2.26. The van der Waals surface area contributed by atoms with Crippen molar-refractivity contribution in [2.75, 3.05) is 26.2 Å². The van der Waals surface area contributed by atoms with Crippen molar-refractivity contribution < 1.29 is 4.74 Å². The summed E-state index contributed by atoms with van der Waals surface area (Å²) in [5.74, 6) is 1.00. The summed E-state index contributed by atoms with van der Waals surface area (Å²) in [6.45, 7) is 8.58. The molecule has 106 valence electrons. The molecule has 19 heavy (non-hydrogen) atoms. The fraction of sp³-hybridized carbons (Fsp3) is 0.625. The van der Waals surface area contributed by atoms with Crippen molar-refractivity contribution in [3.8, 4) is 5.75 Å². The summed E-state index contributed by atoms with van der Waals surface area (Å²) in [5.41, 5.74) is 2.26. The molecule has 0 bridgehead atoms. The standard InChI is InChI=1S/C16H24ClNO/c1-13-11-15(17)12-14(2)16(13)19-10-6-9-18-7-4-3-5-8-18/h11-12H,3-10H2,1-2H3. The van der Waals surface area contributed by atoms with Gasteiger partial charge in [0.1, 0.15) is 5.75 Å². The molecule has 0 saturated carbocycles. The first kappa shape index (κ1) is 14.7. The topological polar surface area (TPSA) is 12.5 Å². The van der Waals surface area contributed by atoms with Crippen molar-refractivity contribution in [2.45, 2.75) is 39.5 Å². The van der Waals surface area contributed by atoms with Gasteiger partial charge < -0.3 is 9.64 Å². The minimum Gasteiger partial charge on any atom is -0.493 e. The van der Waals surface area contributed by atoms with Crippen molar-refractivity contribution in [3.63, 3.8) is 0 Å². The fourth-order valence-electron chi connectivity index (χ4n) is 2.77. The number of aryl methyl sites for hydroxylation is 2. The highest BCUT2D eigenvalue weighted by Gasteiger charge is 2.10. The maximum absolute atomic E-state index is 6.02. The van der Waals surface area contributed by atoms with E-state index in [2.05, 4.69) is 18.7 Å². The largest absolute Gasteiger partial charge is 0.493 e. The van der Waals surface area contributed by atoms with Gasteiger partial charge in [-0.2, -0.15) is 0 Å². The third-order valence-electron chi connectivity index (χ3n) is 3.74. The van der Waals surface area contributed by atoms with Crippen molar-refractivity contribution in [3.05, 3.63) is 28.3 Å². The molecule has 1 fully saturated rings. The Morgan fingerprint density at radius 1 is 1.11 bits per heavy atom. The summed E-state index contributed by atoms with van der Waals surface area (Å²) in [7, 11) is 0. The second kappa shape index (κ2) is 7.16. The molecule has 0 aromatic heterocycles. The molecule has 2 rings (SSSR count). The van der Waals surface area contributed by atoms with Gasteiger partial charge in [-0.3, -0.25) is 0 Å². The minimum atomic E-state index is 0.788. The Bertz CT molecular complexity index is 390. The number of benzene rings is 1. The predicted octanol–water partition coefficient (Wildman–Crippen LogP) is 4.21. The highest BCUT2D eigenvalue weighted by molar-refractivity contribution is 6.30. The van der Waals surface area contributed by atoms with Gasteiger partial charge in [0.25, 0.3) is 0 Å². The second-order valence-electron chi connectivity index (χ2n) is 5.47. The molecule has 1 aliphatic rings. The molecule has 3 heteroatoms. The molecule has 2 nitrogen and oxygen atoms in total. The SMILES string of the molecule is Cc1cc(Cl)cc(C)c1OCCCN1CCCCC1. The molecule has 1 heterocycles. The number of piperidine rings is 1. The molecule has 0 N–H and O–H groups in total. The van der Waals surface area contributed by atoms with Crippen LogP contribution in [0, 0.1) is 13.8 Å². The van der Waals surface area contributed by atoms with Gasteiger partial charge in [-0.15, -0.1) is 0 Å². The van der Waals surface area contributed by atoms with Gasteiger partial charge in [0.2, 0.25) is 0 Å². The van der Waals surface area contributed by atoms with E-state index in [0.717, 1.165) is 41.5 Å². The second-order valence-corrected chi connectivity index (χ2v) is 5.91. The van der Waals surface area contributed by atoms with E-state index in [-0.39, 0.29) is 0 Å². The lowest BCUT2D eigenvalue weighted by atomic mass is 10.1. The van der Waals surface area contributed by atoms with Crippen LogP contribution >= 0.6 is 11.6 Å². The normalized spacial score (nSPS) is 16.6.